The van der Waals surface area contributed by atoms with Gasteiger partial charge in [0.25, 0.3) is 5.91 Å². The highest BCUT2D eigenvalue weighted by atomic mass is 16.7. The van der Waals surface area contributed by atoms with Gasteiger partial charge < -0.3 is 14.2 Å². The van der Waals surface area contributed by atoms with Crippen LogP contribution in [0.25, 0.3) is 0 Å². The first-order chi connectivity index (χ1) is 17.5. The summed E-state index contributed by atoms with van der Waals surface area (Å²) in [7, 11) is 4.53. The van der Waals surface area contributed by atoms with Crippen LogP contribution in [0.2, 0.25) is 0 Å². The Kier molecular flexibility index (Phi) is 5.96. The van der Waals surface area contributed by atoms with E-state index in [1.54, 1.807) is 41.5 Å². The summed E-state index contributed by atoms with van der Waals surface area (Å²) in [6, 6.07) is 20.4. The number of benzene rings is 3. The van der Waals surface area contributed by atoms with Crippen LogP contribution >= 0.6 is 0 Å². The van der Waals surface area contributed by atoms with Crippen molar-refractivity contribution in [3.8, 4) is 23.3 Å². The van der Waals surface area contributed by atoms with Gasteiger partial charge in [-0.2, -0.15) is 5.26 Å². The largest absolute Gasteiger partial charge is 0.493 e. The molecule has 0 aromatic heterocycles. The van der Waals surface area contributed by atoms with Crippen molar-refractivity contribution in [1.29, 1.82) is 5.26 Å². The molecule has 2 heterocycles. The highest BCUT2D eigenvalue weighted by molar-refractivity contribution is 6.24. The summed E-state index contributed by atoms with van der Waals surface area (Å²) in [5, 5.41) is 10.7. The lowest BCUT2D eigenvalue weighted by molar-refractivity contribution is -0.126. The monoisotopic (exact) mass is 485 g/mol. The summed E-state index contributed by atoms with van der Waals surface area (Å²) in [4.78, 5) is 34.6. The molecule has 0 aliphatic carbocycles. The zero-order valence-electron chi connectivity index (χ0n) is 19.9. The van der Waals surface area contributed by atoms with E-state index in [0.29, 0.717) is 39.8 Å². The molecule has 2 saturated heterocycles. The molecule has 0 unspecified atom stereocenters. The number of carbonyl (C=O) groups excluding carboxylic acids is 2. The third-order valence-corrected chi connectivity index (χ3v) is 6.43. The maximum atomic E-state index is 13.8. The van der Waals surface area contributed by atoms with Crippen LogP contribution in [0.4, 0.5) is 11.4 Å². The first-order valence-corrected chi connectivity index (χ1v) is 11.2. The van der Waals surface area contributed by atoms with Gasteiger partial charge in [0.2, 0.25) is 11.7 Å². The van der Waals surface area contributed by atoms with Crippen LogP contribution in [-0.4, -0.2) is 39.2 Å². The van der Waals surface area contributed by atoms with Crippen molar-refractivity contribution in [1.82, 2.24) is 0 Å². The minimum Gasteiger partial charge on any atom is -0.493 e. The first kappa shape index (κ1) is 23.2. The fourth-order valence-corrected chi connectivity index (χ4v) is 4.83. The van der Waals surface area contributed by atoms with Crippen molar-refractivity contribution in [2.45, 2.75) is 12.1 Å². The van der Waals surface area contributed by atoms with Crippen molar-refractivity contribution in [2.75, 3.05) is 31.3 Å². The van der Waals surface area contributed by atoms with Crippen molar-refractivity contribution >= 4 is 23.2 Å². The van der Waals surface area contributed by atoms with E-state index in [1.165, 1.54) is 21.3 Å². The average Bonchev–Trinajstić information content (AvgIpc) is 3.43. The first-order valence-electron chi connectivity index (χ1n) is 11.2. The maximum absolute atomic E-state index is 13.8. The van der Waals surface area contributed by atoms with Crippen LogP contribution in [0.1, 0.15) is 17.2 Å². The second kappa shape index (κ2) is 9.24. The van der Waals surface area contributed by atoms with Gasteiger partial charge in [-0.15, -0.1) is 0 Å². The smallest absolute Gasteiger partial charge is 0.266 e. The normalized spacial score (nSPS) is 20.8. The topological polar surface area (TPSA) is 101 Å². The Morgan fingerprint density at radius 3 is 2.11 bits per heavy atom. The molecule has 9 nitrogen and oxygen atoms in total. The predicted octanol–water partition coefficient (Wildman–Crippen LogP) is 3.64. The Morgan fingerprint density at radius 1 is 0.806 bits per heavy atom. The summed E-state index contributed by atoms with van der Waals surface area (Å²) in [5.74, 6) is -0.528. The van der Waals surface area contributed by atoms with Crippen molar-refractivity contribution < 1.29 is 28.6 Å². The molecule has 0 radical (unpaired) electrons. The minimum atomic E-state index is -1.05. The third-order valence-electron chi connectivity index (χ3n) is 6.43. The van der Waals surface area contributed by atoms with Gasteiger partial charge in [0.1, 0.15) is 12.0 Å². The van der Waals surface area contributed by atoms with Gasteiger partial charge >= 0.3 is 0 Å². The molecule has 2 fully saturated rings. The van der Waals surface area contributed by atoms with Crippen molar-refractivity contribution in [2.24, 2.45) is 5.92 Å². The Morgan fingerprint density at radius 2 is 1.50 bits per heavy atom. The van der Waals surface area contributed by atoms with Crippen LogP contribution < -0.4 is 24.2 Å². The predicted molar refractivity (Wildman–Crippen MR) is 130 cm³/mol. The summed E-state index contributed by atoms with van der Waals surface area (Å²) < 4.78 is 16.7. The van der Waals surface area contributed by atoms with Gasteiger partial charge in [-0.25, -0.2) is 9.96 Å². The number of para-hydroxylation sites is 1. The molecule has 5 rings (SSSR count). The van der Waals surface area contributed by atoms with Crippen LogP contribution in [0, 0.1) is 17.2 Å². The van der Waals surface area contributed by atoms with E-state index in [4.69, 9.17) is 24.3 Å². The van der Waals surface area contributed by atoms with Crippen LogP contribution in [0.3, 0.4) is 0 Å². The molecule has 0 spiro atoms. The summed E-state index contributed by atoms with van der Waals surface area (Å²) in [6.07, 6.45) is -1.05. The highest BCUT2D eigenvalue weighted by Crippen LogP contribution is 2.52. The number of fused-ring (bicyclic) bond motifs is 1. The van der Waals surface area contributed by atoms with Gasteiger partial charge in [0, 0.05) is 5.56 Å². The lowest BCUT2D eigenvalue weighted by Gasteiger charge is -2.30. The number of ether oxygens (including phenoxy) is 3. The number of amides is 2. The molecule has 3 atom stereocenters. The number of rotatable bonds is 6. The van der Waals surface area contributed by atoms with Gasteiger partial charge in [-0.3, -0.25) is 14.4 Å². The van der Waals surface area contributed by atoms with E-state index < -0.39 is 29.9 Å². The molecule has 3 aromatic carbocycles. The van der Waals surface area contributed by atoms with Crippen molar-refractivity contribution in [3.05, 3.63) is 77.9 Å². The number of nitrogens with zero attached hydrogens (tertiary/aromatic N) is 3. The molecular weight excluding hydrogens is 462 g/mol. The zero-order chi connectivity index (χ0) is 25.4. The van der Waals surface area contributed by atoms with Gasteiger partial charge in [-0.05, 0) is 48.5 Å². The molecule has 9 heteroatoms. The second-order valence-corrected chi connectivity index (χ2v) is 8.25. The zero-order valence-corrected chi connectivity index (χ0v) is 19.9. The van der Waals surface area contributed by atoms with Crippen LogP contribution in [0.15, 0.2) is 66.7 Å². The molecule has 0 bridgehead atoms. The molecule has 2 aliphatic rings. The average molecular weight is 485 g/mol. The number of hydrogen-bond donors (Lipinski definition) is 0. The maximum Gasteiger partial charge on any atom is 0.266 e. The van der Waals surface area contributed by atoms with Gasteiger partial charge in [0.15, 0.2) is 17.6 Å². The number of hydrogen-bond acceptors (Lipinski definition) is 8. The van der Waals surface area contributed by atoms with E-state index in [-0.39, 0.29) is 0 Å². The molecule has 2 aliphatic heterocycles. The molecular formula is C27H23N3O6. The van der Waals surface area contributed by atoms with E-state index in [1.807, 2.05) is 36.4 Å². The van der Waals surface area contributed by atoms with E-state index in [9.17, 15) is 9.59 Å². The van der Waals surface area contributed by atoms with Crippen LogP contribution in [-0.2, 0) is 14.4 Å². The molecule has 2 amide bonds. The van der Waals surface area contributed by atoms with Crippen LogP contribution in [0.5, 0.6) is 17.2 Å². The van der Waals surface area contributed by atoms with Gasteiger partial charge in [-0.1, -0.05) is 18.2 Å². The Labute approximate surface area is 207 Å². The Hall–Kier alpha value is -4.55. The number of anilines is 2. The molecule has 36 heavy (non-hydrogen) atoms. The lowest BCUT2D eigenvalue weighted by Crippen LogP contribution is -2.37. The molecule has 0 N–H and O–H groups in total. The number of nitriles is 1. The van der Waals surface area contributed by atoms with E-state index >= 15 is 0 Å². The lowest BCUT2D eigenvalue weighted by atomic mass is 9.89. The Bertz CT molecular complexity index is 1350. The third kappa shape index (κ3) is 3.51. The second-order valence-electron chi connectivity index (χ2n) is 8.25. The van der Waals surface area contributed by atoms with E-state index in [0.717, 1.165) is 4.90 Å². The number of hydroxylamine groups is 1. The fraction of sp³-hybridized carbons (Fsp3) is 0.222. The summed E-state index contributed by atoms with van der Waals surface area (Å²) in [6.45, 7) is 0. The Balaban J connectivity index is 1.64. The summed E-state index contributed by atoms with van der Waals surface area (Å²) in [5.41, 5.74) is 2.09. The number of methoxy groups -OCH3 is 3. The standard InChI is InChI=1S/C27H23N3O6/c1-33-20-14-13-19(23(34-2)24(20)35-3)22-21-25(36-30(22)18-7-5-4-6-8-18)27(32)29(26(21)31)17-11-9-16(15-28)10-12-17/h4-14,21-22,25H,1-3H3/t21-,22+,25+/m0/s1. The van der Waals surface area contributed by atoms with Gasteiger partial charge in [0.05, 0.1) is 44.3 Å². The highest BCUT2D eigenvalue weighted by Gasteiger charge is 2.61. The SMILES string of the molecule is COc1ccc([C@@H]2[C@@H]3C(=O)N(c4ccc(C#N)cc4)C(=O)[C@@H]3ON2c2ccccc2)c(OC)c1OC. The number of carbonyl (C=O) groups is 2. The quantitative estimate of drug-likeness (QED) is 0.488. The summed E-state index contributed by atoms with van der Waals surface area (Å²) >= 11 is 0. The minimum absolute atomic E-state index is 0.370. The van der Waals surface area contributed by atoms with Crippen molar-refractivity contribution in [3.63, 3.8) is 0 Å². The molecule has 3 aromatic rings. The molecule has 0 saturated carbocycles. The fourth-order valence-electron chi connectivity index (χ4n) is 4.83. The van der Waals surface area contributed by atoms with E-state index in [2.05, 4.69) is 0 Å². The number of imide groups is 1. The molecule has 182 valence electrons.